The molecular formula is C20H17N5O. The van der Waals surface area contributed by atoms with Crippen LogP contribution in [0.15, 0.2) is 66.9 Å². The molecule has 0 atom stereocenters. The monoisotopic (exact) mass is 343 g/mol. The van der Waals surface area contributed by atoms with Gasteiger partial charge >= 0.3 is 0 Å². The van der Waals surface area contributed by atoms with Crippen LogP contribution in [0, 0.1) is 0 Å². The molecule has 2 N–H and O–H groups in total. The van der Waals surface area contributed by atoms with E-state index in [1.807, 2.05) is 60.7 Å². The first-order valence-electron chi connectivity index (χ1n) is 8.40. The van der Waals surface area contributed by atoms with Crippen LogP contribution in [0.2, 0.25) is 0 Å². The molecule has 0 fully saturated rings. The van der Waals surface area contributed by atoms with E-state index in [1.165, 1.54) is 11.8 Å². The zero-order valence-corrected chi connectivity index (χ0v) is 14.0. The Hall–Kier alpha value is -3.54. The minimum Gasteiger partial charge on any atom is -0.350 e. The zero-order chi connectivity index (χ0) is 17.8. The molecule has 0 aliphatic carbocycles. The molecule has 0 saturated heterocycles. The van der Waals surface area contributed by atoms with E-state index in [-0.39, 0.29) is 11.6 Å². The van der Waals surface area contributed by atoms with Gasteiger partial charge in [-0.3, -0.25) is 9.89 Å². The van der Waals surface area contributed by atoms with Crippen LogP contribution in [0.25, 0.3) is 22.4 Å². The Balaban J connectivity index is 1.52. The van der Waals surface area contributed by atoms with Crippen molar-refractivity contribution in [3.05, 3.63) is 78.1 Å². The van der Waals surface area contributed by atoms with Gasteiger partial charge in [0.15, 0.2) is 5.65 Å². The van der Waals surface area contributed by atoms with Crippen molar-refractivity contribution >= 4 is 17.1 Å². The van der Waals surface area contributed by atoms with Crippen LogP contribution in [0.1, 0.15) is 16.1 Å². The summed E-state index contributed by atoms with van der Waals surface area (Å²) in [6.07, 6.45) is 2.22. The Morgan fingerprint density at radius 2 is 1.73 bits per heavy atom. The number of nitrogens with zero attached hydrogens (tertiary/aromatic N) is 3. The summed E-state index contributed by atoms with van der Waals surface area (Å²) in [7, 11) is 0. The minimum absolute atomic E-state index is 0.240. The summed E-state index contributed by atoms with van der Waals surface area (Å²) in [6.45, 7) is 0.541. The molecular weight excluding hydrogens is 326 g/mol. The van der Waals surface area contributed by atoms with Gasteiger partial charge in [-0.1, -0.05) is 60.7 Å². The maximum Gasteiger partial charge on any atom is 0.271 e. The molecule has 1 amide bonds. The molecule has 26 heavy (non-hydrogen) atoms. The van der Waals surface area contributed by atoms with Crippen LogP contribution in [0.3, 0.4) is 0 Å². The summed E-state index contributed by atoms with van der Waals surface area (Å²) in [5.41, 5.74) is 4.24. The highest BCUT2D eigenvalue weighted by Gasteiger charge is 2.14. The van der Waals surface area contributed by atoms with Gasteiger partial charge in [0, 0.05) is 12.1 Å². The standard InChI is InChI=1S/C20H17N5O/c26-20(21-12-11-14-7-3-1-4-8-14)16-13-22-19-18(23-16)17(24-25-19)15-9-5-2-6-10-15/h1-10,13H,11-12H2,(H,21,26)(H,22,24,25). The molecule has 4 rings (SSSR count). The van der Waals surface area contributed by atoms with E-state index in [0.29, 0.717) is 17.7 Å². The molecule has 4 aromatic rings. The molecule has 0 saturated carbocycles. The lowest BCUT2D eigenvalue weighted by atomic mass is 10.1. The maximum absolute atomic E-state index is 12.4. The van der Waals surface area contributed by atoms with E-state index < -0.39 is 0 Å². The lowest BCUT2D eigenvalue weighted by Crippen LogP contribution is -2.26. The number of hydrogen-bond donors (Lipinski definition) is 2. The molecule has 2 heterocycles. The van der Waals surface area contributed by atoms with E-state index in [2.05, 4.69) is 25.5 Å². The molecule has 0 radical (unpaired) electrons. The van der Waals surface area contributed by atoms with Gasteiger partial charge in [0.05, 0.1) is 11.9 Å². The van der Waals surface area contributed by atoms with Crippen molar-refractivity contribution in [2.45, 2.75) is 6.42 Å². The molecule has 2 aromatic carbocycles. The first kappa shape index (κ1) is 16.0. The number of hydrogen-bond acceptors (Lipinski definition) is 4. The van der Waals surface area contributed by atoms with E-state index in [4.69, 9.17) is 0 Å². The highest BCUT2D eigenvalue weighted by molar-refractivity contribution is 5.95. The molecule has 0 aliphatic heterocycles. The summed E-state index contributed by atoms with van der Waals surface area (Å²) in [5.74, 6) is -0.240. The largest absolute Gasteiger partial charge is 0.350 e. The number of nitrogens with one attached hydrogen (secondary N) is 2. The molecule has 2 aromatic heterocycles. The van der Waals surface area contributed by atoms with Crippen molar-refractivity contribution in [3.63, 3.8) is 0 Å². The van der Waals surface area contributed by atoms with Gasteiger partial charge < -0.3 is 5.32 Å². The van der Waals surface area contributed by atoms with Crippen LogP contribution in [-0.2, 0) is 6.42 Å². The Morgan fingerprint density at radius 3 is 2.50 bits per heavy atom. The number of rotatable bonds is 5. The first-order valence-corrected chi connectivity index (χ1v) is 8.40. The number of amides is 1. The quantitative estimate of drug-likeness (QED) is 0.583. The number of fused-ring (bicyclic) bond motifs is 1. The number of aromatic amines is 1. The van der Waals surface area contributed by atoms with Gasteiger partial charge in [-0.25, -0.2) is 9.97 Å². The van der Waals surface area contributed by atoms with E-state index in [0.717, 1.165) is 17.7 Å². The number of H-pyrrole nitrogens is 1. The third-order valence-electron chi connectivity index (χ3n) is 4.10. The van der Waals surface area contributed by atoms with E-state index in [9.17, 15) is 4.79 Å². The van der Waals surface area contributed by atoms with Crippen LogP contribution in [0.4, 0.5) is 0 Å². The molecule has 0 aliphatic rings. The molecule has 6 heteroatoms. The Labute approximate surface area is 150 Å². The predicted octanol–water partition coefficient (Wildman–Crippen LogP) is 2.99. The number of benzene rings is 2. The Morgan fingerprint density at radius 1 is 1.00 bits per heavy atom. The van der Waals surface area contributed by atoms with Crippen molar-refractivity contribution in [2.75, 3.05) is 6.54 Å². The fourth-order valence-corrected chi connectivity index (χ4v) is 2.77. The zero-order valence-electron chi connectivity index (χ0n) is 14.0. The highest BCUT2D eigenvalue weighted by Crippen LogP contribution is 2.23. The molecule has 0 unspecified atom stereocenters. The van der Waals surface area contributed by atoms with Gasteiger partial charge in [0.2, 0.25) is 0 Å². The minimum atomic E-state index is -0.240. The summed E-state index contributed by atoms with van der Waals surface area (Å²) < 4.78 is 0. The van der Waals surface area contributed by atoms with Crippen LogP contribution < -0.4 is 5.32 Å². The number of carbonyl (C=O) groups excluding carboxylic acids is 1. The summed E-state index contributed by atoms with van der Waals surface area (Å²) in [6, 6.07) is 19.8. The van der Waals surface area contributed by atoms with Gasteiger partial charge in [-0.2, -0.15) is 5.10 Å². The maximum atomic E-state index is 12.4. The van der Waals surface area contributed by atoms with Crippen molar-refractivity contribution in [1.82, 2.24) is 25.5 Å². The topological polar surface area (TPSA) is 83.6 Å². The summed E-state index contributed by atoms with van der Waals surface area (Å²) in [4.78, 5) is 21.1. The van der Waals surface area contributed by atoms with Gasteiger partial charge in [-0.05, 0) is 12.0 Å². The van der Waals surface area contributed by atoms with E-state index >= 15 is 0 Å². The average Bonchev–Trinajstić information content (AvgIpc) is 3.12. The average molecular weight is 343 g/mol. The normalized spacial score (nSPS) is 10.8. The fourth-order valence-electron chi connectivity index (χ4n) is 2.77. The van der Waals surface area contributed by atoms with Crippen LogP contribution in [0.5, 0.6) is 0 Å². The van der Waals surface area contributed by atoms with Crippen LogP contribution in [-0.4, -0.2) is 32.6 Å². The summed E-state index contributed by atoms with van der Waals surface area (Å²) in [5, 5.41) is 10.0. The fraction of sp³-hybridized carbons (Fsp3) is 0.100. The van der Waals surface area contributed by atoms with Crippen molar-refractivity contribution in [1.29, 1.82) is 0 Å². The van der Waals surface area contributed by atoms with Crippen molar-refractivity contribution in [3.8, 4) is 11.3 Å². The van der Waals surface area contributed by atoms with Crippen molar-refractivity contribution < 1.29 is 4.79 Å². The van der Waals surface area contributed by atoms with Gasteiger partial charge in [0.1, 0.15) is 11.2 Å². The van der Waals surface area contributed by atoms with E-state index in [1.54, 1.807) is 0 Å². The highest BCUT2D eigenvalue weighted by atomic mass is 16.1. The Bertz CT molecular complexity index is 1030. The number of carbonyl (C=O) groups is 1. The molecule has 0 spiro atoms. The lowest BCUT2D eigenvalue weighted by molar-refractivity contribution is 0.0949. The third-order valence-corrected chi connectivity index (χ3v) is 4.10. The SMILES string of the molecule is O=C(NCCc1ccccc1)c1cnc2n[nH]c(-c3ccccc3)c2n1. The smallest absolute Gasteiger partial charge is 0.271 e. The first-order chi connectivity index (χ1) is 12.8. The molecule has 6 nitrogen and oxygen atoms in total. The Kier molecular flexibility index (Phi) is 4.38. The molecule has 128 valence electrons. The van der Waals surface area contributed by atoms with Gasteiger partial charge in [0.25, 0.3) is 5.91 Å². The lowest BCUT2D eigenvalue weighted by Gasteiger charge is -2.05. The predicted molar refractivity (Wildman–Crippen MR) is 99.6 cm³/mol. The second kappa shape index (κ2) is 7.14. The van der Waals surface area contributed by atoms with Crippen LogP contribution >= 0.6 is 0 Å². The second-order valence-corrected chi connectivity index (χ2v) is 5.88. The second-order valence-electron chi connectivity index (χ2n) is 5.88. The molecule has 0 bridgehead atoms. The van der Waals surface area contributed by atoms with Crippen molar-refractivity contribution in [2.24, 2.45) is 0 Å². The third kappa shape index (κ3) is 3.30. The summed E-state index contributed by atoms with van der Waals surface area (Å²) >= 11 is 0. The van der Waals surface area contributed by atoms with Gasteiger partial charge in [-0.15, -0.1) is 0 Å². The number of aromatic nitrogens is 4.